The van der Waals surface area contributed by atoms with Crippen molar-refractivity contribution in [3.05, 3.63) is 35.5 Å². The van der Waals surface area contributed by atoms with Gasteiger partial charge in [0.2, 0.25) is 5.91 Å². The predicted octanol–water partition coefficient (Wildman–Crippen LogP) is 3.40. The van der Waals surface area contributed by atoms with Crippen molar-refractivity contribution in [3.63, 3.8) is 0 Å². The summed E-state index contributed by atoms with van der Waals surface area (Å²) < 4.78 is 13.9. The molecule has 0 radical (unpaired) electrons. The number of hydrogen-bond donors (Lipinski definition) is 0. The number of amides is 1. The molecule has 6 heteroatoms. The molecule has 1 aliphatic heterocycles. The Morgan fingerprint density at radius 1 is 1.17 bits per heavy atom. The van der Waals surface area contributed by atoms with Crippen LogP contribution >= 0.6 is 11.3 Å². The van der Waals surface area contributed by atoms with E-state index in [0.29, 0.717) is 17.2 Å². The maximum atomic E-state index is 13.9. The molecule has 1 aromatic carbocycles. The molecule has 2 heterocycles. The minimum absolute atomic E-state index is 0.244. The highest BCUT2D eigenvalue weighted by Crippen LogP contribution is 2.32. The third-order valence-electron chi connectivity index (χ3n) is 4.65. The lowest BCUT2D eigenvalue weighted by molar-refractivity contribution is -0.132. The summed E-state index contributed by atoms with van der Waals surface area (Å²) in [6, 6.07) is 6.73. The van der Waals surface area contributed by atoms with Gasteiger partial charge in [-0.15, -0.1) is 11.3 Å². The highest BCUT2D eigenvalue weighted by molar-refractivity contribution is 7.14. The van der Waals surface area contributed by atoms with E-state index < -0.39 is 0 Å². The lowest BCUT2D eigenvalue weighted by atomic mass is 10.2. The molecule has 2 fully saturated rings. The second-order valence-electron chi connectivity index (χ2n) is 6.44. The fourth-order valence-electron chi connectivity index (χ4n) is 3.12. The number of carbonyl (C=O) groups is 1. The molecule has 0 bridgehead atoms. The van der Waals surface area contributed by atoms with Crippen molar-refractivity contribution >= 4 is 22.4 Å². The van der Waals surface area contributed by atoms with Crippen molar-refractivity contribution in [2.45, 2.75) is 19.3 Å². The third kappa shape index (κ3) is 3.15. The lowest BCUT2D eigenvalue weighted by Gasteiger charge is -2.21. The highest BCUT2D eigenvalue weighted by Gasteiger charge is 2.34. The zero-order valence-corrected chi connectivity index (χ0v) is 14.3. The van der Waals surface area contributed by atoms with Crippen molar-refractivity contribution in [1.29, 1.82) is 0 Å². The lowest BCUT2D eigenvalue weighted by Crippen LogP contribution is -2.36. The molecule has 24 heavy (non-hydrogen) atoms. The molecule has 4 rings (SSSR count). The standard InChI is InChI=1S/C18H20FN3OS/c19-15-5-2-1-4-14(15)16-12-24-18(20-16)22-9-3-8-21(10-11-22)17(23)13-6-7-13/h1-2,4-5,12-13H,3,6-11H2. The van der Waals surface area contributed by atoms with Crippen molar-refractivity contribution in [2.24, 2.45) is 5.92 Å². The molecular formula is C18H20FN3OS. The largest absolute Gasteiger partial charge is 0.346 e. The molecule has 0 unspecified atom stereocenters. The summed E-state index contributed by atoms with van der Waals surface area (Å²) in [5.41, 5.74) is 1.23. The fraction of sp³-hybridized carbons (Fsp3) is 0.444. The van der Waals surface area contributed by atoms with Crippen LogP contribution in [-0.2, 0) is 4.79 Å². The van der Waals surface area contributed by atoms with Gasteiger partial charge in [-0.3, -0.25) is 4.79 Å². The molecular weight excluding hydrogens is 325 g/mol. The van der Waals surface area contributed by atoms with Gasteiger partial charge in [0.1, 0.15) is 5.82 Å². The van der Waals surface area contributed by atoms with Crippen LogP contribution in [0.1, 0.15) is 19.3 Å². The smallest absolute Gasteiger partial charge is 0.225 e. The molecule has 1 saturated heterocycles. The van der Waals surface area contributed by atoms with Gasteiger partial charge in [-0.05, 0) is 31.4 Å². The van der Waals surface area contributed by atoms with Crippen molar-refractivity contribution in [3.8, 4) is 11.3 Å². The van der Waals surface area contributed by atoms with Gasteiger partial charge < -0.3 is 9.80 Å². The summed E-state index contributed by atoms with van der Waals surface area (Å²) in [6.45, 7) is 3.27. The van der Waals surface area contributed by atoms with Crippen molar-refractivity contribution in [1.82, 2.24) is 9.88 Å². The highest BCUT2D eigenvalue weighted by atomic mass is 32.1. The van der Waals surface area contributed by atoms with Gasteiger partial charge in [-0.2, -0.15) is 0 Å². The molecule has 2 aromatic rings. The van der Waals surface area contributed by atoms with Gasteiger partial charge >= 0.3 is 0 Å². The predicted molar refractivity (Wildman–Crippen MR) is 93.6 cm³/mol. The Kier molecular flexibility index (Phi) is 4.22. The molecule has 1 amide bonds. The second kappa shape index (κ2) is 6.51. The van der Waals surface area contributed by atoms with E-state index in [1.807, 2.05) is 16.3 Å². The topological polar surface area (TPSA) is 36.4 Å². The summed E-state index contributed by atoms with van der Waals surface area (Å²) in [5, 5.41) is 2.82. The summed E-state index contributed by atoms with van der Waals surface area (Å²) in [7, 11) is 0. The Morgan fingerprint density at radius 2 is 2.00 bits per heavy atom. The first-order valence-electron chi connectivity index (χ1n) is 8.46. The van der Waals surface area contributed by atoms with E-state index in [2.05, 4.69) is 9.88 Å². The Morgan fingerprint density at radius 3 is 2.79 bits per heavy atom. The number of rotatable bonds is 3. The van der Waals surface area contributed by atoms with E-state index in [-0.39, 0.29) is 11.7 Å². The number of halogens is 1. The summed E-state index contributed by atoms with van der Waals surface area (Å²) in [6.07, 6.45) is 3.06. The zero-order valence-electron chi connectivity index (χ0n) is 13.4. The molecule has 1 aliphatic carbocycles. The van der Waals surface area contributed by atoms with Gasteiger partial charge in [0, 0.05) is 43.0 Å². The average molecular weight is 345 g/mol. The quantitative estimate of drug-likeness (QED) is 0.855. The van der Waals surface area contributed by atoms with Gasteiger partial charge in [0.05, 0.1) is 5.69 Å². The average Bonchev–Trinajstić information content (AvgIpc) is 3.38. The zero-order chi connectivity index (χ0) is 16.5. The molecule has 4 nitrogen and oxygen atoms in total. The third-order valence-corrected chi connectivity index (χ3v) is 5.55. The Labute approximate surface area is 144 Å². The fourth-order valence-corrected chi connectivity index (χ4v) is 4.00. The van der Waals surface area contributed by atoms with E-state index >= 15 is 0 Å². The number of anilines is 1. The van der Waals surface area contributed by atoms with Crippen LogP contribution in [0.4, 0.5) is 9.52 Å². The van der Waals surface area contributed by atoms with E-state index in [9.17, 15) is 9.18 Å². The second-order valence-corrected chi connectivity index (χ2v) is 7.27. The number of hydrogen-bond acceptors (Lipinski definition) is 4. The minimum atomic E-state index is -0.244. The van der Waals surface area contributed by atoms with E-state index in [0.717, 1.165) is 50.6 Å². The molecule has 0 spiro atoms. The van der Waals surface area contributed by atoms with E-state index in [1.165, 1.54) is 6.07 Å². The number of thiazole rings is 1. The van der Waals surface area contributed by atoms with Gasteiger partial charge in [0.25, 0.3) is 0 Å². The van der Waals surface area contributed by atoms with E-state index in [1.54, 1.807) is 23.5 Å². The SMILES string of the molecule is O=C(C1CC1)N1CCCN(c2nc(-c3ccccc3F)cs2)CC1. The summed E-state index contributed by atoms with van der Waals surface area (Å²) in [5.74, 6) is 0.360. The number of benzene rings is 1. The Balaban J connectivity index is 1.46. The van der Waals surface area contributed by atoms with Crippen molar-refractivity contribution in [2.75, 3.05) is 31.1 Å². The minimum Gasteiger partial charge on any atom is -0.346 e. The summed E-state index contributed by atoms with van der Waals surface area (Å²) in [4.78, 5) is 21.1. The maximum absolute atomic E-state index is 13.9. The number of aromatic nitrogens is 1. The monoisotopic (exact) mass is 345 g/mol. The number of nitrogens with zero attached hydrogens (tertiary/aromatic N) is 3. The van der Waals surface area contributed by atoms with Gasteiger partial charge in [0.15, 0.2) is 5.13 Å². The van der Waals surface area contributed by atoms with Crippen LogP contribution in [0.25, 0.3) is 11.3 Å². The van der Waals surface area contributed by atoms with Crippen LogP contribution in [0, 0.1) is 11.7 Å². The molecule has 2 aliphatic rings. The first-order valence-corrected chi connectivity index (χ1v) is 9.34. The molecule has 0 N–H and O–H groups in total. The van der Waals surface area contributed by atoms with Crippen LogP contribution in [0.15, 0.2) is 29.6 Å². The Bertz CT molecular complexity index is 743. The van der Waals surface area contributed by atoms with Crippen molar-refractivity contribution < 1.29 is 9.18 Å². The van der Waals surface area contributed by atoms with Gasteiger partial charge in [-0.25, -0.2) is 9.37 Å². The first kappa shape index (κ1) is 15.6. The summed E-state index contributed by atoms with van der Waals surface area (Å²) >= 11 is 1.54. The van der Waals surface area contributed by atoms with E-state index in [4.69, 9.17) is 0 Å². The van der Waals surface area contributed by atoms with Crippen LogP contribution in [0.5, 0.6) is 0 Å². The normalized spacial score (nSPS) is 18.5. The van der Waals surface area contributed by atoms with Gasteiger partial charge in [-0.1, -0.05) is 12.1 Å². The Hall–Kier alpha value is -1.95. The molecule has 1 saturated carbocycles. The maximum Gasteiger partial charge on any atom is 0.225 e. The number of carbonyl (C=O) groups excluding carboxylic acids is 1. The molecule has 126 valence electrons. The molecule has 1 aromatic heterocycles. The van der Waals surface area contributed by atoms with Crippen LogP contribution < -0.4 is 4.90 Å². The van der Waals surface area contributed by atoms with Crippen LogP contribution in [0.3, 0.4) is 0 Å². The molecule has 0 atom stereocenters. The first-order chi connectivity index (χ1) is 11.7. The van der Waals surface area contributed by atoms with Crippen LogP contribution in [0.2, 0.25) is 0 Å². The van der Waals surface area contributed by atoms with Crippen LogP contribution in [-0.4, -0.2) is 42.0 Å².